The number of likely N-dealkylation sites (tertiary alicyclic amines) is 1. The van der Waals surface area contributed by atoms with E-state index in [9.17, 15) is 4.79 Å². The van der Waals surface area contributed by atoms with Crippen LogP contribution in [0.3, 0.4) is 0 Å². The Morgan fingerprint density at radius 3 is 3.00 bits per heavy atom. The number of amides is 1. The molecule has 1 aromatic rings. The molecule has 1 aliphatic heterocycles. The van der Waals surface area contributed by atoms with E-state index in [2.05, 4.69) is 0 Å². The third-order valence-corrected chi connectivity index (χ3v) is 3.70. The van der Waals surface area contributed by atoms with Gasteiger partial charge in [0.25, 0.3) is 0 Å². The molecule has 1 aromatic carbocycles. The second kappa shape index (κ2) is 7.29. The van der Waals surface area contributed by atoms with Crippen molar-refractivity contribution in [3.8, 4) is 5.75 Å². The molecule has 2 rings (SSSR count). The van der Waals surface area contributed by atoms with Crippen LogP contribution in [0.2, 0.25) is 0 Å². The van der Waals surface area contributed by atoms with Gasteiger partial charge in [-0.05, 0) is 37.8 Å². The van der Waals surface area contributed by atoms with Crippen molar-refractivity contribution < 1.29 is 9.53 Å². The molecule has 4 nitrogen and oxygen atoms in total. The van der Waals surface area contributed by atoms with Gasteiger partial charge in [0.15, 0.2) is 0 Å². The molecule has 0 spiro atoms. The summed E-state index contributed by atoms with van der Waals surface area (Å²) in [5.41, 5.74) is 7.02. The van der Waals surface area contributed by atoms with Crippen LogP contribution in [0.4, 0.5) is 0 Å². The molecular formula is C16H24N2O2. The minimum atomic E-state index is 0.149. The Labute approximate surface area is 120 Å². The van der Waals surface area contributed by atoms with Crippen LogP contribution in [0.15, 0.2) is 24.3 Å². The number of aryl methyl sites for hydroxylation is 1. The molecular weight excluding hydrogens is 252 g/mol. The smallest absolute Gasteiger partial charge is 0.222 e. The molecule has 1 saturated heterocycles. The molecule has 0 aromatic heterocycles. The van der Waals surface area contributed by atoms with Gasteiger partial charge >= 0.3 is 0 Å². The van der Waals surface area contributed by atoms with E-state index in [1.807, 2.05) is 36.1 Å². The normalized spacial score (nSPS) is 18.9. The molecule has 1 heterocycles. The van der Waals surface area contributed by atoms with Gasteiger partial charge in [-0.15, -0.1) is 0 Å². The monoisotopic (exact) mass is 276 g/mol. The maximum Gasteiger partial charge on any atom is 0.222 e. The summed E-state index contributed by atoms with van der Waals surface area (Å²) in [5, 5.41) is 0. The first-order chi connectivity index (χ1) is 9.66. The average Bonchev–Trinajstić information content (AvgIpc) is 2.45. The van der Waals surface area contributed by atoms with E-state index in [4.69, 9.17) is 10.5 Å². The topological polar surface area (TPSA) is 55.6 Å². The van der Waals surface area contributed by atoms with Gasteiger partial charge in [0.1, 0.15) is 5.75 Å². The number of carbonyl (C=O) groups excluding carboxylic acids is 1. The van der Waals surface area contributed by atoms with Gasteiger partial charge in [-0.2, -0.15) is 0 Å². The summed E-state index contributed by atoms with van der Waals surface area (Å²) in [6.45, 7) is 4.16. The zero-order valence-electron chi connectivity index (χ0n) is 12.2. The van der Waals surface area contributed by atoms with Crippen molar-refractivity contribution in [3.05, 3.63) is 29.8 Å². The maximum absolute atomic E-state index is 12.0. The number of nitrogens with zero attached hydrogens (tertiary/aromatic N) is 1. The van der Waals surface area contributed by atoms with Crippen LogP contribution in [-0.4, -0.2) is 36.5 Å². The van der Waals surface area contributed by atoms with E-state index < -0.39 is 0 Å². The molecule has 4 heteroatoms. The Bertz CT molecular complexity index is 448. The Balaban J connectivity index is 1.68. The fourth-order valence-electron chi connectivity index (χ4n) is 2.52. The Kier molecular flexibility index (Phi) is 5.41. The first-order valence-electron chi connectivity index (χ1n) is 7.38. The summed E-state index contributed by atoms with van der Waals surface area (Å²) in [6.07, 6.45) is 3.34. The minimum absolute atomic E-state index is 0.149. The van der Waals surface area contributed by atoms with Crippen LogP contribution in [0.1, 0.15) is 31.2 Å². The second-order valence-electron chi connectivity index (χ2n) is 5.46. The number of hydrogen-bond acceptors (Lipinski definition) is 3. The molecule has 0 radical (unpaired) electrons. The lowest BCUT2D eigenvalue weighted by Gasteiger charge is -2.30. The molecule has 110 valence electrons. The van der Waals surface area contributed by atoms with Crippen molar-refractivity contribution in [2.75, 3.05) is 19.7 Å². The summed E-state index contributed by atoms with van der Waals surface area (Å²) in [4.78, 5) is 13.9. The summed E-state index contributed by atoms with van der Waals surface area (Å²) in [6, 6.07) is 8.08. The SMILES string of the molecule is Cc1ccccc1OCCCC(=O)N1CCC[C@H](N)C1. The predicted octanol–water partition coefficient (Wildman–Crippen LogP) is 2.10. The maximum atomic E-state index is 12.0. The summed E-state index contributed by atoms with van der Waals surface area (Å²) < 4.78 is 5.70. The zero-order valence-corrected chi connectivity index (χ0v) is 12.2. The quantitative estimate of drug-likeness (QED) is 0.838. The number of para-hydroxylation sites is 1. The standard InChI is InChI=1S/C16H24N2O2/c1-13-6-2-3-8-15(13)20-11-5-9-16(19)18-10-4-7-14(17)12-18/h2-3,6,8,14H,4-5,7,9-12,17H2,1H3/t14-/m0/s1. The molecule has 0 saturated carbocycles. The largest absolute Gasteiger partial charge is 0.493 e. The van der Waals surface area contributed by atoms with Gasteiger partial charge in [0.2, 0.25) is 5.91 Å². The lowest BCUT2D eigenvalue weighted by Crippen LogP contribution is -2.45. The third kappa shape index (κ3) is 4.23. The van der Waals surface area contributed by atoms with Crippen LogP contribution in [0.5, 0.6) is 5.75 Å². The van der Waals surface area contributed by atoms with Crippen molar-refractivity contribution >= 4 is 5.91 Å². The van der Waals surface area contributed by atoms with Gasteiger partial charge in [-0.1, -0.05) is 18.2 Å². The average molecular weight is 276 g/mol. The van der Waals surface area contributed by atoms with Crippen LogP contribution < -0.4 is 10.5 Å². The minimum Gasteiger partial charge on any atom is -0.493 e. The molecule has 1 fully saturated rings. The number of benzene rings is 1. The molecule has 0 bridgehead atoms. The first kappa shape index (κ1) is 14.9. The highest BCUT2D eigenvalue weighted by Gasteiger charge is 2.20. The molecule has 0 aliphatic carbocycles. The van der Waals surface area contributed by atoms with Crippen molar-refractivity contribution in [2.45, 2.75) is 38.6 Å². The van der Waals surface area contributed by atoms with E-state index >= 15 is 0 Å². The van der Waals surface area contributed by atoms with Crippen molar-refractivity contribution in [3.63, 3.8) is 0 Å². The summed E-state index contributed by atoms with van der Waals surface area (Å²) >= 11 is 0. The van der Waals surface area contributed by atoms with Gasteiger partial charge in [0.05, 0.1) is 6.61 Å². The van der Waals surface area contributed by atoms with Crippen LogP contribution >= 0.6 is 0 Å². The van der Waals surface area contributed by atoms with Crippen LogP contribution in [0, 0.1) is 6.92 Å². The number of carbonyl (C=O) groups is 1. The fraction of sp³-hybridized carbons (Fsp3) is 0.562. The van der Waals surface area contributed by atoms with Crippen molar-refractivity contribution in [2.24, 2.45) is 5.73 Å². The molecule has 0 unspecified atom stereocenters. The zero-order chi connectivity index (χ0) is 14.4. The number of ether oxygens (including phenoxy) is 1. The highest BCUT2D eigenvalue weighted by Crippen LogP contribution is 2.16. The lowest BCUT2D eigenvalue weighted by molar-refractivity contribution is -0.132. The summed E-state index contributed by atoms with van der Waals surface area (Å²) in [7, 11) is 0. The van der Waals surface area contributed by atoms with Gasteiger partial charge in [-0.25, -0.2) is 0 Å². The van der Waals surface area contributed by atoms with Crippen LogP contribution in [-0.2, 0) is 4.79 Å². The van der Waals surface area contributed by atoms with Gasteiger partial charge < -0.3 is 15.4 Å². The molecule has 1 amide bonds. The van der Waals surface area contributed by atoms with Crippen molar-refractivity contribution in [1.82, 2.24) is 4.90 Å². The number of hydrogen-bond donors (Lipinski definition) is 1. The highest BCUT2D eigenvalue weighted by molar-refractivity contribution is 5.76. The molecule has 1 aliphatic rings. The molecule has 2 N–H and O–H groups in total. The Morgan fingerprint density at radius 1 is 1.45 bits per heavy atom. The summed E-state index contributed by atoms with van der Waals surface area (Å²) in [5.74, 6) is 1.11. The Morgan fingerprint density at radius 2 is 2.25 bits per heavy atom. The van der Waals surface area contributed by atoms with E-state index in [0.29, 0.717) is 19.6 Å². The van der Waals surface area contributed by atoms with E-state index in [1.54, 1.807) is 0 Å². The molecule has 20 heavy (non-hydrogen) atoms. The van der Waals surface area contributed by atoms with Gasteiger partial charge in [-0.3, -0.25) is 4.79 Å². The first-order valence-corrected chi connectivity index (χ1v) is 7.38. The van der Waals surface area contributed by atoms with E-state index in [1.165, 1.54) is 0 Å². The van der Waals surface area contributed by atoms with Gasteiger partial charge in [0, 0.05) is 25.6 Å². The van der Waals surface area contributed by atoms with E-state index in [0.717, 1.165) is 37.1 Å². The predicted molar refractivity (Wildman–Crippen MR) is 79.7 cm³/mol. The highest BCUT2D eigenvalue weighted by atomic mass is 16.5. The number of rotatable bonds is 5. The lowest BCUT2D eigenvalue weighted by atomic mass is 10.1. The number of nitrogens with two attached hydrogens (primary N) is 1. The van der Waals surface area contributed by atoms with E-state index in [-0.39, 0.29) is 11.9 Å². The molecule has 1 atom stereocenters. The number of piperidine rings is 1. The Hall–Kier alpha value is -1.55. The third-order valence-electron chi connectivity index (χ3n) is 3.70. The van der Waals surface area contributed by atoms with Crippen molar-refractivity contribution in [1.29, 1.82) is 0 Å². The fourth-order valence-corrected chi connectivity index (χ4v) is 2.52. The second-order valence-corrected chi connectivity index (χ2v) is 5.46. The van der Waals surface area contributed by atoms with Crippen LogP contribution in [0.25, 0.3) is 0 Å².